The first-order valence-corrected chi connectivity index (χ1v) is 9.18. The number of hydrazone groups is 1. The molecule has 0 saturated heterocycles. The van der Waals surface area contributed by atoms with E-state index in [1.54, 1.807) is 12.1 Å². The minimum atomic E-state index is -1.18. The SMILES string of the molecule is COc1ccc(/C=N\NC(=O)CN2CCCc3ccccc32)c(C(=O)O)c1OC. The summed E-state index contributed by atoms with van der Waals surface area (Å²) in [5.41, 5.74) is 4.96. The maximum atomic E-state index is 12.3. The molecule has 3 rings (SSSR count). The third-order valence-electron chi connectivity index (χ3n) is 4.73. The predicted octanol–water partition coefficient (Wildman–Crippen LogP) is 2.30. The van der Waals surface area contributed by atoms with E-state index in [0.29, 0.717) is 11.3 Å². The highest BCUT2D eigenvalue weighted by atomic mass is 16.5. The Morgan fingerprint density at radius 1 is 1.21 bits per heavy atom. The van der Waals surface area contributed by atoms with Crippen LogP contribution in [0.2, 0.25) is 0 Å². The number of fused-ring (bicyclic) bond motifs is 1. The highest BCUT2D eigenvalue weighted by Crippen LogP contribution is 2.33. The molecule has 0 spiro atoms. The number of hydrogen-bond donors (Lipinski definition) is 2. The number of para-hydroxylation sites is 1. The molecule has 0 radical (unpaired) electrons. The Hall–Kier alpha value is -3.55. The molecule has 8 heteroatoms. The number of aromatic carboxylic acids is 1. The van der Waals surface area contributed by atoms with Gasteiger partial charge in [-0.2, -0.15) is 5.10 Å². The maximum Gasteiger partial charge on any atom is 0.340 e. The second-order valence-electron chi connectivity index (χ2n) is 6.52. The van der Waals surface area contributed by atoms with E-state index in [0.717, 1.165) is 25.1 Å². The second-order valence-corrected chi connectivity index (χ2v) is 6.52. The largest absolute Gasteiger partial charge is 0.493 e. The molecular weight excluding hydrogens is 374 g/mol. The zero-order valence-corrected chi connectivity index (χ0v) is 16.3. The third-order valence-corrected chi connectivity index (χ3v) is 4.73. The van der Waals surface area contributed by atoms with Gasteiger partial charge < -0.3 is 19.5 Å². The number of ether oxygens (including phenoxy) is 2. The van der Waals surface area contributed by atoms with Crippen LogP contribution in [0.1, 0.15) is 27.9 Å². The second kappa shape index (κ2) is 9.09. The first-order valence-electron chi connectivity index (χ1n) is 9.18. The molecule has 0 bridgehead atoms. The zero-order valence-electron chi connectivity index (χ0n) is 16.3. The lowest BCUT2D eigenvalue weighted by Crippen LogP contribution is -2.38. The molecule has 8 nitrogen and oxygen atoms in total. The Bertz CT molecular complexity index is 942. The number of carboxylic acid groups (broad SMARTS) is 1. The summed E-state index contributed by atoms with van der Waals surface area (Å²) in [5.74, 6) is -1.07. The van der Waals surface area contributed by atoms with E-state index in [1.807, 2.05) is 23.1 Å². The van der Waals surface area contributed by atoms with Crippen LogP contribution in [0, 0.1) is 0 Å². The van der Waals surface area contributed by atoms with E-state index in [2.05, 4.69) is 16.6 Å². The number of anilines is 1. The van der Waals surface area contributed by atoms with Gasteiger partial charge in [0.15, 0.2) is 11.5 Å². The first-order chi connectivity index (χ1) is 14.0. The minimum absolute atomic E-state index is 0.0881. The van der Waals surface area contributed by atoms with Gasteiger partial charge in [0.1, 0.15) is 5.56 Å². The molecule has 2 aromatic carbocycles. The van der Waals surface area contributed by atoms with Gasteiger partial charge in [-0.25, -0.2) is 10.2 Å². The fraction of sp³-hybridized carbons (Fsp3) is 0.286. The Labute approximate surface area is 168 Å². The van der Waals surface area contributed by atoms with Gasteiger partial charge in [-0.1, -0.05) is 18.2 Å². The molecule has 0 aliphatic carbocycles. The standard InChI is InChI=1S/C21H23N3O5/c1-28-17-10-9-15(19(21(26)27)20(17)29-2)12-22-23-18(25)13-24-11-5-7-14-6-3-4-8-16(14)24/h3-4,6,8-10,12H,5,7,11,13H2,1-2H3,(H,23,25)(H,26,27)/b22-12-. The Morgan fingerprint density at radius 2 is 2.00 bits per heavy atom. The molecule has 0 atom stereocenters. The molecule has 0 fully saturated rings. The Morgan fingerprint density at radius 3 is 2.72 bits per heavy atom. The van der Waals surface area contributed by atoms with E-state index < -0.39 is 5.97 Å². The van der Waals surface area contributed by atoms with Crippen molar-refractivity contribution in [1.29, 1.82) is 0 Å². The number of benzene rings is 2. The smallest absolute Gasteiger partial charge is 0.340 e. The van der Waals surface area contributed by atoms with Crippen LogP contribution in [0.15, 0.2) is 41.5 Å². The summed E-state index contributed by atoms with van der Waals surface area (Å²) in [5, 5.41) is 13.5. The number of aryl methyl sites for hydroxylation is 1. The van der Waals surface area contributed by atoms with Crippen LogP contribution in [0.4, 0.5) is 5.69 Å². The van der Waals surface area contributed by atoms with Crippen molar-refractivity contribution in [2.75, 3.05) is 32.2 Å². The Kier molecular flexibility index (Phi) is 6.33. The number of carbonyl (C=O) groups is 2. The monoisotopic (exact) mass is 397 g/mol. The van der Waals surface area contributed by atoms with Crippen LogP contribution in [0.25, 0.3) is 0 Å². The van der Waals surface area contributed by atoms with Gasteiger partial charge in [0, 0.05) is 17.8 Å². The van der Waals surface area contributed by atoms with Crippen LogP contribution in [-0.4, -0.2) is 50.5 Å². The van der Waals surface area contributed by atoms with Crippen molar-refractivity contribution in [2.24, 2.45) is 5.10 Å². The molecule has 152 valence electrons. The van der Waals surface area contributed by atoms with Gasteiger partial charge in [0.2, 0.25) is 0 Å². The number of rotatable bonds is 7. The van der Waals surface area contributed by atoms with E-state index in [1.165, 1.54) is 26.0 Å². The summed E-state index contributed by atoms with van der Waals surface area (Å²) < 4.78 is 10.3. The lowest BCUT2D eigenvalue weighted by atomic mass is 10.0. The van der Waals surface area contributed by atoms with Crippen molar-refractivity contribution >= 4 is 23.8 Å². The zero-order chi connectivity index (χ0) is 20.8. The van der Waals surface area contributed by atoms with Crippen molar-refractivity contribution in [3.05, 3.63) is 53.1 Å². The van der Waals surface area contributed by atoms with Crippen molar-refractivity contribution in [1.82, 2.24) is 5.43 Å². The summed E-state index contributed by atoms with van der Waals surface area (Å²) in [6.07, 6.45) is 3.28. The molecule has 1 heterocycles. The van der Waals surface area contributed by atoms with E-state index in [-0.39, 0.29) is 23.8 Å². The number of methoxy groups -OCH3 is 2. The average molecular weight is 397 g/mol. The van der Waals surface area contributed by atoms with Gasteiger partial charge in [-0.15, -0.1) is 0 Å². The summed E-state index contributed by atoms with van der Waals surface area (Å²) in [6, 6.07) is 11.2. The molecule has 29 heavy (non-hydrogen) atoms. The molecule has 0 aromatic heterocycles. The van der Waals surface area contributed by atoms with Crippen LogP contribution in [0.3, 0.4) is 0 Å². The van der Waals surface area contributed by atoms with E-state index in [9.17, 15) is 14.7 Å². The number of hydrogen-bond acceptors (Lipinski definition) is 6. The van der Waals surface area contributed by atoms with Crippen molar-refractivity contribution in [3.8, 4) is 11.5 Å². The predicted molar refractivity (Wildman–Crippen MR) is 109 cm³/mol. The number of nitrogens with zero attached hydrogens (tertiary/aromatic N) is 2. The molecule has 0 unspecified atom stereocenters. The first kappa shape index (κ1) is 20.2. The fourth-order valence-electron chi connectivity index (χ4n) is 3.43. The maximum absolute atomic E-state index is 12.3. The van der Waals surface area contributed by atoms with Gasteiger partial charge in [0.25, 0.3) is 5.91 Å². The van der Waals surface area contributed by atoms with Crippen molar-refractivity contribution in [2.45, 2.75) is 12.8 Å². The summed E-state index contributed by atoms with van der Waals surface area (Å²) in [6.45, 7) is 0.971. The molecule has 2 aromatic rings. The van der Waals surface area contributed by atoms with Gasteiger partial charge >= 0.3 is 5.97 Å². The van der Waals surface area contributed by atoms with Crippen LogP contribution < -0.4 is 19.8 Å². The summed E-state index contributed by atoms with van der Waals surface area (Å²) >= 11 is 0. The van der Waals surface area contributed by atoms with E-state index in [4.69, 9.17) is 9.47 Å². The van der Waals surface area contributed by atoms with Gasteiger partial charge in [-0.3, -0.25) is 4.79 Å². The summed E-state index contributed by atoms with van der Waals surface area (Å²) in [4.78, 5) is 26.0. The fourth-order valence-corrected chi connectivity index (χ4v) is 3.43. The van der Waals surface area contributed by atoms with Crippen LogP contribution >= 0.6 is 0 Å². The molecule has 2 N–H and O–H groups in total. The lowest BCUT2D eigenvalue weighted by Gasteiger charge is -2.30. The van der Waals surface area contributed by atoms with Crippen LogP contribution in [0.5, 0.6) is 11.5 Å². The molecule has 1 amide bonds. The highest BCUT2D eigenvalue weighted by molar-refractivity contribution is 6.02. The minimum Gasteiger partial charge on any atom is -0.493 e. The van der Waals surface area contributed by atoms with Crippen LogP contribution in [-0.2, 0) is 11.2 Å². The number of carbonyl (C=O) groups excluding carboxylic acids is 1. The topological polar surface area (TPSA) is 100 Å². The average Bonchev–Trinajstić information content (AvgIpc) is 2.73. The van der Waals surface area contributed by atoms with Gasteiger partial charge in [-0.05, 0) is 36.6 Å². The normalized spacial score (nSPS) is 13.1. The van der Waals surface area contributed by atoms with Crippen molar-refractivity contribution < 1.29 is 24.2 Å². The Balaban J connectivity index is 1.71. The number of amides is 1. The summed E-state index contributed by atoms with van der Waals surface area (Å²) in [7, 11) is 2.79. The lowest BCUT2D eigenvalue weighted by molar-refractivity contribution is -0.119. The number of carboxylic acids is 1. The number of nitrogens with one attached hydrogen (secondary N) is 1. The highest BCUT2D eigenvalue weighted by Gasteiger charge is 2.21. The van der Waals surface area contributed by atoms with Crippen molar-refractivity contribution in [3.63, 3.8) is 0 Å². The third kappa shape index (κ3) is 4.48. The molecule has 1 aliphatic rings. The van der Waals surface area contributed by atoms with E-state index >= 15 is 0 Å². The van der Waals surface area contributed by atoms with Gasteiger partial charge in [0.05, 0.1) is 27.0 Å². The molecular formula is C21H23N3O5. The molecule has 0 saturated carbocycles. The molecule has 1 aliphatic heterocycles. The quantitative estimate of drug-likeness (QED) is 0.549.